The van der Waals surface area contributed by atoms with Gasteiger partial charge in [-0.25, -0.2) is 4.98 Å². The molecule has 0 saturated carbocycles. The number of rotatable bonds is 1. The number of nitrogens with zero attached hydrogens (tertiary/aromatic N) is 3. The Balaban J connectivity index is 1.78. The molecule has 2 N–H and O–H groups in total. The van der Waals surface area contributed by atoms with E-state index in [0.29, 0.717) is 36.3 Å². The van der Waals surface area contributed by atoms with Crippen molar-refractivity contribution in [2.75, 3.05) is 6.54 Å². The Morgan fingerprint density at radius 2 is 2.16 bits per heavy atom. The van der Waals surface area contributed by atoms with Gasteiger partial charge in [-0.05, 0) is 31.5 Å². The molecular weight excluding hydrogens is 320 g/mol. The first-order valence-corrected chi connectivity index (χ1v) is 8.10. The van der Waals surface area contributed by atoms with E-state index < -0.39 is 0 Å². The Labute approximate surface area is 143 Å². The van der Waals surface area contributed by atoms with Crippen LogP contribution in [0.1, 0.15) is 27.3 Å². The first kappa shape index (κ1) is 15.4. The van der Waals surface area contributed by atoms with Crippen LogP contribution in [0.2, 0.25) is 0 Å². The van der Waals surface area contributed by atoms with Gasteiger partial charge in [0.15, 0.2) is 0 Å². The van der Waals surface area contributed by atoms with Gasteiger partial charge < -0.3 is 19.6 Å². The quantitative estimate of drug-likeness (QED) is 0.703. The van der Waals surface area contributed by atoms with Gasteiger partial charge >= 0.3 is 0 Å². The second-order valence-electron chi connectivity index (χ2n) is 6.35. The summed E-state index contributed by atoms with van der Waals surface area (Å²) in [5.74, 6) is 0.0192. The second kappa shape index (κ2) is 5.47. The Hall–Kier alpha value is -3.09. The van der Waals surface area contributed by atoms with Crippen LogP contribution in [0.5, 0.6) is 5.75 Å². The van der Waals surface area contributed by atoms with Gasteiger partial charge in [0, 0.05) is 35.8 Å². The molecular formula is C18H18N4O3. The SMILES string of the molecule is Cc1c(C(=O)N2CCc3c(nc[nH]c3=O)C2)c2cc(O)ccc2n1C. The minimum atomic E-state index is -0.136. The number of hydrogen-bond donors (Lipinski definition) is 2. The summed E-state index contributed by atoms with van der Waals surface area (Å²) in [7, 11) is 1.90. The van der Waals surface area contributed by atoms with Crippen LogP contribution in [-0.2, 0) is 20.0 Å². The van der Waals surface area contributed by atoms with E-state index in [9.17, 15) is 14.7 Å². The number of phenols is 1. The summed E-state index contributed by atoms with van der Waals surface area (Å²) in [5.41, 5.74) is 3.48. The number of carbonyl (C=O) groups is 1. The molecule has 1 aliphatic heterocycles. The fourth-order valence-electron chi connectivity index (χ4n) is 3.53. The predicted molar refractivity (Wildman–Crippen MR) is 92.6 cm³/mol. The third kappa shape index (κ3) is 2.31. The highest BCUT2D eigenvalue weighted by Crippen LogP contribution is 2.30. The fraction of sp³-hybridized carbons (Fsp3) is 0.278. The van der Waals surface area contributed by atoms with Crippen molar-refractivity contribution in [3.8, 4) is 5.75 Å². The summed E-state index contributed by atoms with van der Waals surface area (Å²) in [5, 5.41) is 10.6. The number of aromatic hydroxyl groups is 1. The molecule has 3 heterocycles. The predicted octanol–water partition coefficient (Wildman–Crippen LogP) is 1.47. The van der Waals surface area contributed by atoms with E-state index in [1.807, 2.05) is 18.5 Å². The lowest BCUT2D eigenvalue weighted by Gasteiger charge is -2.27. The van der Waals surface area contributed by atoms with Gasteiger partial charge in [0.25, 0.3) is 11.5 Å². The number of fused-ring (bicyclic) bond motifs is 2. The molecule has 0 saturated heterocycles. The first-order valence-electron chi connectivity index (χ1n) is 8.10. The highest BCUT2D eigenvalue weighted by Gasteiger charge is 2.28. The van der Waals surface area contributed by atoms with Crippen LogP contribution >= 0.6 is 0 Å². The van der Waals surface area contributed by atoms with Crippen LogP contribution in [-0.4, -0.2) is 37.0 Å². The van der Waals surface area contributed by atoms with Crippen LogP contribution in [0.15, 0.2) is 29.3 Å². The van der Waals surface area contributed by atoms with E-state index in [1.54, 1.807) is 23.1 Å². The third-order valence-electron chi connectivity index (χ3n) is 4.99. The number of amides is 1. The summed E-state index contributed by atoms with van der Waals surface area (Å²) < 4.78 is 1.95. The average Bonchev–Trinajstić information content (AvgIpc) is 2.84. The molecule has 0 aliphatic carbocycles. The number of aromatic nitrogens is 3. The standard InChI is InChI=1S/C18H18N4O3/c1-10-16(13-7-11(23)3-4-15(13)21(10)2)18(25)22-6-5-12-14(8-22)19-9-20-17(12)24/h3-4,7,9,23H,5-6,8H2,1-2H3,(H,19,20,24). The van der Waals surface area contributed by atoms with Crippen LogP contribution in [0.3, 0.4) is 0 Å². The molecule has 0 radical (unpaired) electrons. The number of aryl methyl sites for hydroxylation is 1. The average molecular weight is 338 g/mol. The molecule has 0 fully saturated rings. The molecule has 128 valence electrons. The molecule has 0 unspecified atom stereocenters. The van der Waals surface area contributed by atoms with Crippen molar-refractivity contribution in [3.05, 3.63) is 57.4 Å². The molecule has 3 aromatic rings. The van der Waals surface area contributed by atoms with Crippen molar-refractivity contribution < 1.29 is 9.90 Å². The summed E-state index contributed by atoms with van der Waals surface area (Å²) >= 11 is 0. The van der Waals surface area contributed by atoms with Crippen LogP contribution < -0.4 is 5.56 Å². The molecule has 0 bridgehead atoms. The minimum absolute atomic E-state index is 0.110. The van der Waals surface area contributed by atoms with E-state index in [2.05, 4.69) is 9.97 Å². The van der Waals surface area contributed by atoms with Gasteiger partial charge in [-0.15, -0.1) is 0 Å². The lowest BCUT2D eigenvalue weighted by Crippen LogP contribution is -2.39. The maximum Gasteiger partial charge on any atom is 0.256 e. The van der Waals surface area contributed by atoms with Crippen LogP contribution in [0, 0.1) is 6.92 Å². The summed E-state index contributed by atoms with van der Waals surface area (Å²) in [6.45, 7) is 2.67. The number of carbonyl (C=O) groups excluding carboxylic acids is 1. The summed E-state index contributed by atoms with van der Waals surface area (Å²) in [6.07, 6.45) is 1.86. The number of hydrogen-bond acceptors (Lipinski definition) is 4. The van der Waals surface area contributed by atoms with Gasteiger partial charge in [-0.1, -0.05) is 0 Å². The Bertz CT molecular complexity index is 1060. The van der Waals surface area contributed by atoms with Gasteiger partial charge in [0.2, 0.25) is 0 Å². The van der Waals surface area contributed by atoms with E-state index in [0.717, 1.165) is 16.6 Å². The van der Waals surface area contributed by atoms with E-state index in [1.165, 1.54) is 6.33 Å². The summed E-state index contributed by atoms with van der Waals surface area (Å²) in [4.78, 5) is 33.5. The van der Waals surface area contributed by atoms with E-state index >= 15 is 0 Å². The topological polar surface area (TPSA) is 91.2 Å². The van der Waals surface area contributed by atoms with Crippen LogP contribution in [0.4, 0.5) is 0 Å². The van der Waals surface area contributed by atoms with Crippen molar-refractivity contribution in [1.82, 2.24) is 19.4 Å². The number of H-pyrrole nitrogens is 1. The Morgan fingerprint density at radius 1 is 1.36 bits per heavy atom. The number of nitrogens with one attached hydrogen (secondary N) is 1. The largest absolute Gasteiger partial charge is 0.508 e. The van der Waals surface area contributed by atoms with Gasteiger partial charge in [-0.2, -0.15) is 0 Å². The van der Waals surface area contributed by atoms with E-state index in [-0.39, 0.29) is 17.2 Å². The zero-order chi connectivity index (χ0) is 17.7. The number of benzene rings is 1. The molecule has 2 aromatic heterocycles. The maximum atomic E-state index is 13.2. The van der Waals surface area contributed by atoms with Crippen molar-refractivity contribution >= 4 is 16.8 Å². The summed E-state index contributed by atoms with van der Waals surface area (Å²) in [6, 6.07) is 5.04. The van der Waals surface area contributed by atoms with Crippen molar-refractivity contribution in [2.24, 2.45) is 7.05 Å². The molecule has 7 nitrogen and oxygen atoms in total. The highest BCUT2D eigenvalue weighted by atomic mass is 16.3. The fourth-order valence-corrected chi connectivity index (χ4v) is 3.53. The Kier molecular flexibility index (Phi) is 3.38. The molecule has 7 heteroatoms. The number of aromatic amines is 1. The van der Waals surface area contributed by atoms with Crippen LogP contribution in [0.25, 0.3) is 10.9 Å². The van der Waals surface area contributed by atoms with Crippen molar-refractivity contribution in [1.29, 1.82) is 0 Å². The monoisotopic (exact) mass is 338 g/mol. The molecule has 0 atom stereocenters. The Morgan fingerprint density at radius 3 is 2.96 bits per heavy atom. The van der Waals surface area contributed by atoms with E-state index in [4.69, 9.17) is 0 Å². The van der Waals surface area contributed by atoms with Crippen molar-refractivity contribution in [2.45, 2.75) is 19.9 Å². The zero-order valence-electron chi connectivity index (χ0n) is 14.0. The van der Waals surface area contributed by atoms with Crippen molar-refractivity contribution in [3.63, 3.8) is 0 Å². The molecule has 25 heavy (non-hydrogen) atoms. The molecule has 1 aliphatic rings. The molecule has 0 spiro atoms. The smallest absolute Gasteiger partial charge is 0.256 e. The lowest BCUT2D eigenvalue weighted by molar-refractivity contribution is 0.0732. The zero-order valence-corrected chi connectivity index (χ0v) is 14.0. The van der Waals surface area contributed by atoms with Gasteiger partial charge in [0.05, 0.1) is 24.1 Å². The maximum absolute atomic E-state index is 13.2. The third-order valence-corrected chi connectivity index (χ3v) is 4.99. The normalized spacial score (nSPS) is 13.9. The number of phenolic OH excluding ortho intramolecular Hbond substituents is 1. The molecule has 4 rings (SSSR count). The lowest BCUT2D eigenvalue weighted by atomic mass is 10.0. The molecule has 1 aromatic carbocycles. The highest BCUT2D eigenvalue weighted by molar-refractivity contribution is 6.08. The van der Waals surface area contributed by atoms with Gasteiger partial charge in [0.1, 0.15) is 5.75 Å². The van der Waals surface area contributed by atoms with Gasteiger partial charge in [-0.3, -0.25) is 9.59 Å². The molecule has 1 amide bonds. The second-order valence-corrected chi connectivity index (χ2v) is 6.35. The minimum Gasteiger partial charge on any atom is -0.508 e. The first-order chi connectivity index (χ1) is 12.0.